The summed E-state index contributed by atoms with van der Waals surface area (Å²) in [6.45, 7) is 2.72. The van der Waals surface area contributed by atoms with Crippen molar-refractivity contribution < 1.29 is 24.1 Å². The van der Waals surface area contributed by atoms with Gasteiger partial charge < -0.3 is 24.1 Å². The van der Waals surface area contributed by atoms with Gasteiger partial charge in [0, 0.05) is 13.1 Å². The van der Waals surface area contributed by atoms with E-state index in [1.807, 2.05) is 12.1 Å². The lowest BCUT2D eigenvalue weighted by Gasteiger charge is -2.34. The number of hydrogen-bond acceptors (Lipinski definition) is 9. The average molecular weight is 406 g/mol. The first-order valence-corrected chi connectivity index (χ1v) is 9.62. The number of aromatic nitrogens is 3. The fourth-order valence-corrected chi connectivity index (χ4v) is 4.59. The lowest BCUT2D eigenvalue weighted by atomic mass is 10.0. The van der Waals surface area contributed by atoms with Crippen LogP contribution in [-0.4, -0.2) is 72.2 Å². The first kappa shape index (κ1) is 18.8. The smallest absolute Gasteiger partial charge is 0.230 e. The Labute approximate surface area is 166 Å². The molecule has 0 aliphatic carbocycles. The highest BCUT2D eigenvalue weighted by molar-refractivity contribution is 7.17. The number of aromatic hydroxyl groups is 1. The summed E-state index contributed by atoms with van der Waals surface area (Å²) in [7, 11) is 4.75. The third-order valence-corrected chi connectivity index (χ3v) is 5.89. The lowest BCUT2D eigenvalue weighted by Crippen LogP contribution is -2.39. The van der Waals surface area contributed by atoms with E-state index < -0.39 is 0 Å². The van der Waals surface area contributed by atoms with Crippen molar-refractivity contribution in [2.75, 3.05) is 47.6 Å². The van der Waals surface area contributed by atoms with Gasteiger partial charge >= 0.3 is 0 Å². The van der Waals surface area contributed by atoms with Crippen molar-refractivity contribution >= 4 is 16.3 Å². The Morgan fingerprint density at radius 2 is 1.79 bits per heavy atom. The SMILES string of the molecule is COc1cc(C(c2sc3ncnn3c2O)N2CCOCC2)cc(OC)c1OC. The van der Waals surface area contributed by atoms with Crippen LogP contribution in [0.4, 0.5) is 0 Å². The van der Waals surface area contributed by atoms with E-state index in [2.05, 4.69) is 15.0 Å². The lowest BCUT2D eigenvalue weighted by molar-refractivity contribution is 0.0240. The molecule has 1 saturated heterocycles. The first-order chi connectivity index (χ1) is 13.7. The maximum atomic E-state index is 10.8. The van der Waals surface area contributed by atoms with Gasteiger partial charge in [-0.3, -0.25) is 4.90 Å². The molecule has 1 atom stereocenters. The van der Waals surface area contributed by atoms with Gasteiger partial charge in [-0.25, -0.2) is 4.98 Å². The van der Waals surface area contributed by atoms with Crippen molar-refractivity contribution in [3.63, 3.8) is 0 Å². The highest BCUT2D eigenvalue weighted by Crippen LogP contribution is 2.45. The second-order valence-corrected chi connectivity index (χ2v) is 7.26. The van der Waals surface area contributed by atoms with Gasteiger partial charge in [-0.15, -0.1) is 0 Å². The molecule has 3 aromatic rings. The molecule has 28 heavy (non-hydrogen) atoms. The zero-order valence-electron chi connectivity index (χ0n) is 15.9. The van der Waals surface area contributed by atoms with E-state index in [4.69, 9.17) is 18.9 Å². The highest BCUT2D eigenvalue weighted by Gasteiger charge is 2.32. The summed E-state index contributed by atoms with van der Waals surface area (Å²) < 4.78 is 23.5. The second kappa shape index (κ2) is 7.82. The highest BCUT2D eigenvalue weighted by atomic mass is 32.1. The van der Waals surface area contributed by atoms with Crippen LogP contribution < -0.4 is 14.2 Å². The summed E-state index contributed by atoms with van der Waals surface area (Å²) in [5.41, 5.74) is 0.913. The molecule has 9 nitrogen and oxygen atoms in total. The van der Waals surface area contributed by atoms with E-state index in [0.29, 0.717) is 35.4 Å². The number of thiazole rings is 1. The van der Waals surface area contributed by atoms with Gasteiger partial charge in [-0.1, -0.05) is 11.3 Å². The average Bonchev–Trinajstić information content (AvgIpc) is 3.31. The summed E-state index contributed by atoms with van der Waals surface area (Å²) >= 11 is 1.41. The van der Waals surface area contributed by atoms with Crippen LogP contribution in [0.1, 0.15) is 16.5 Å². The molecule has 4 rings (SSSR count). The van der Waals surface area contributed by atoms with Crippen molar-refractivity contribution in [1.29, 1.82) is 0 Å². The Balaban J connectivity index is 1.88. The molecular weight excluding hydrogens is 384 g/mol. The van der Waals surface area contributed by atoms with Crippen LogP contribution in [-0.2, 0) is 4.74 Å². The minimum atomic E-state index is -0.230. The summed E-state index contributed by atoms with van der Waals surface area (Å²) in [5.74, 6) is 1.74. The van der Waals surface area contributed by atoms with Gasteiger partial charge in [-0.05, 0) is 17.7 Å². The Kier molecular flexibility index (Phi) is 5.25. The topological polar surface area (TPSA) is 90.6 Å². The quantitative estimate of drug-likeness (QED) is 0.664. The van der Waals surface area contributed by atoms with Gasteiger partial charge in [0.05, 0.1) is 45.5 Å². The molecule has 1 aromatic carbocycles. The van der Waals surface area contributed by atoms with E-state index in [9.17, 15) is 5.11 Å². The standard InChI is InChI=1S/C18H22N4O5S/c1-24-12-8-11(9-13(25-2)15(12)26-3)14(21-4-6-27-7-5-21)16-17(23)22-18(28-16)19-10-20-22/h8-10,14,23H,4-7H2,1-3H3. The third-order valence-electron chi connectivity index (χ3n) is 4.80. The van der Waals surface area contributed by atoms with Crippen LogP contribution in [0, 0.1) is 0 Å². The molecule has 0 amide bonds. The van der Waals surface area contributed by atoms with E-state index >= 15 is 0 Å². The number of nitrogens with zero attached hydrogens (tertiary/aromatic N) is 4. The summed E-state index contributed by atoms with van der Waals surface area (Å²) in [5, 5.41) is 14.9. The zero-order valence-corrected chi connectivity index (χ0v) is 16.7. The van der Waals surface area contributed by atoms with Crippen molar-refractivity contribution in [2.24, 2.45) is 0 Å². The van der Waals surface area contributed by atoms with Crippen LogP contribution in [0.2, 0.25) is 0 Å². The van der Waals surface area contributed by atoms with Crippen LogP contribution in [0.5, 0.6) is 23.1 Å². The Hall–Kier alpha value is -2.56. The van der Waals surface area contributed by atoms with Crippen LogP contribution >= 0.6 is 11.3 Å². The first-order valence-electron chi connectivity index (χ1n) is 8.81. The van der Waals surface area contributed by atoms with Crippen molar-refractivity contribution in [3.8, 4) is 23.1 Å². The minimum Gasteiger partial charge on any atom is -0.493 e. The maximum Gasteiger partial charge on any atom is 0.230 e. The molecule has 1 aliphatic rings. The Morgan fingerprint density at radius 3 is 2.36 bits per heavy atom. The Morgan fingerprint density at radius 1 is 1.11 bits per heavy atom. The van der Waals surface area contributed by atoms with E-state index in [0.717, 1.165) is 23.5 Å². The summed E-state index contributed by atoms with van der Waals surface area (Å²) in [6, 6.07) is 3.60. The molecule has 3 heterocycles. The van der Waals surface area contributed by atoms with Crippen molar-refractivity contribution in [2.45, 2.75) is 6.04 Å². The molecule has 1 fully saturated rings. The molecule has 1 unspecified atom stereocenters. The van der Waals surface area contributed by atoms with Gasteiger partial charge in [0.1, 0.15) is 6.33 Å². The van der Waals surface area contributed by atoms with Gasteiger partial charge in [0.15, 0.2) is 11.5 Å². The van der Waals surface area contributed by atoms with Crippen LogP contribution in [0.15, 0.2) is 18.5 Å². The molecule has 1 N–H and O–H groups in total. The summed E-state index contributed by atoms with van der Waals surface area (Å²) in [6.07, 6.45) is 1.43. The Bertz CT molecular complexity index is 941. The number of ether oxygens (including phenoxy) is 4. The molecule has 150 valence electrons. The number of fused-ring (bicyclic) bond motifs is 1. The molecule has 0 radical (unpaired) electrons. The largest absolute Gasteiger partial charge is 0.493 e. The number of benzene rings is 1. The molecule has 0 saturated carbocycles. The number of morpholine rings is 1. The predicted octanol–water partition coefficient (Wildman–Crippen LogP) is 1.94. The van der Waals surface area contributed by atoms with Gasteiger partial charge in [0.25, 0.3) is 0 Å². The monoisotopic (exact) mass is 406 g/mol. The number of rotatable bonds is 6. The van der Waals surface area contributed by atoms with Crippen molar-refractivity contribution in [3.05, 3.63) is 28.9 Å². The summed E-state index contributed by atoms with van der Waals surface area (Å²) in [4.78, 5) is 7.87. The van der Waals surface area contributed by atoms with E-state index in [1.54, 1.807) is 21.3 Å². The maximum absolute atomic E-state index is 10.8. The fraction of sp³-hybridized carbons (Fsp3) is 0.444. The second-order valence-electron chi connectivity index (χ2n) is 6.25. The van der Waals surface area contributed by atoms with Gasteiger partial charge in [0.2, 0.25) is 16.6 Å². The number of hydrogen-bond donors (Lipinski definition) is 1. The molecular formula is C18H22N4O5S. The molecule has 0 spiro atoms. The van der Waals surface area contributed by atoms with Crippen molar-refractivity contribution in [1.82, 2.24) is 19.5 Å². The predicted molar refractivity (Wildman–Crippen MR) is 103 cm³/mol. The van der Waals surface area contributed by atoms with Crippen LogP contribution in [0.3, 0.4) is 0 Å². The normalized spacial score (nSPS) is 16.2. The zero-order chi connectivity index (χ0) is 19.7. The molecule has 0 bridgehead atoms. The van der Waals surface area contributed by atoms with E-state index in [1.165, 1.54) is 22.2 Å². The molecule has 10 heteroatoms. The van der Waals surface area contributed by atoms with Gasteiger partial charge in [-0.2, -0.15) is 9.61 Å². The van der Waals surface area contributed by atoms with E-state index in [-0.39, 0.29) is 11.9 Å². The van der Waals surface area contributed by atoms with Crippen LogP contribution in [0.25, 0.3) is 4.96 Å². The molecule has 2 aromatic heterocycles. The minimum absolute atomic E-state index is 0.0859. The fourth-order valence-electron chi connectivity index (χ4n) is 3.50. The molecule has 1 aliphatic heterocycles. The number of methoxy groups -OCH3 is 3. The third kappa shape index (κ3) is 3.13.